The highest BCUT2D eigenvalue weighted by Gasteiger charge is 2.11. The number of hydrogen-bond acceptors (Lipinski definition) is 4. The Morgan fingerprint density at radius 3 is 2.62 bits per heavy atom. The predicted molar refractivity (Wildman–Crippen MR) is 88.4 cm³/mol. The number of rotatable bonds is 4. The predicted octanol–water partition coefficient (Wildman–Crippen LogP) is 5.44. The van der Waals surface area contributed by atoms with Crippen molar-refractivity contribution in [2.24, 2.45) is 0 Å². The van der Waals surface area contributed by atoms with Gasteiger partial charge in [0.25, 0.3) is 0 Å². The monoisotopic (exact) mass is 380 g/mol. The lowest BCUT2D eigenvalue weighted by Crippen LogP contribution is -1.81. The number of nitrogens with zero attached hydrogens (tertiary/aromatic N) is 2. The first-order chi connectivity index (χ1) is 10.2. The third-order valence-electron chi connectivity index (χ3n) is 2.76. The molecule has 6 heteroatoms. The van der Waals surface area contributed by atoms with Gasteiger partial charge in [-0.25, -0.2) is 0 Å². The van der Waals surface area contributed by atoms with Crippen LogP contribution >= 0.6 is 39.3 Å². The maximum atomic E-state index is 6.12. The van der Waals surface area contributed by atoms with Crippen molar-refractivity contribution in [3.63, 3.8) is 0 Å². The summed E-state index contributed by atoms with van der Waals surface area (Å²) in [6.07, 6.45) is 0. The van der Waals surface area contributed by atoms with Gasteiger partial charge in [0, 0.05) is 9.37 Å². The van der Waals surface area contributed by atoms with Gasteiger partial charge in [-0.2, -0.15) is 0 Å². The zero-order chi connectivity index (χ0) is 14.7. The second-order valence-electron chi connectivity index (χ2n) is 4.20. The molecule has 0 saturated heterocycles. The van der Waals surface area contributed by atoms with Crippen molar-refractivity contribution in [2.45, 2.75) is 10.6 Å². The molecule has 0 saturated carbocycles. The summed E-state index contributed by atoms with van der Waals surface area (Å²) >= 11 is 11.2. The molecule has 0 amide bonds. The van der Waals surface area contributed by atoms with Crippen LogP contribution in [0.2, 0.25) is 5.02 Å². The molecule has 0 fully saturated rings. The van der Waals surface area contributed by atoms with E-state index in [9.17, 15) is 0 Å². The standard InChI is InChI=1S/C15H10BrClN2OS/c16-11-6-2-1-5-10(11)15-19-18-14(20-15)9-21-13-8-4-3-7-12(13)17/h1-8H,9H2. The van der Waals surface area contributed by atoms with E-state index >= 15 is 0 Å². The average Bonchev–Trinajstić information content (AvgIpc) is 2.96. The Hall–Kier alpha value is -1.30. The van der Waals surface area contributed by atoms with Crippen molar-refractivity contribution in [3.8, 4) is 11.5 Å². The number of hydrogen-bond donors (Lipinski definition) is 0. The highest BCUT2D eigenvalue weighted by Crippen LogP contribution is 2.31. The van der Waals surface area contributed by atoms with E-state index in [1.165, 1.54) is 0 Å². The van der Waals surface area contributed by atoms with Gasteiger partial charge >= 0.3 is 0 Å². The lowest BCUT2D eigenvalue weighted by atomic mass is 10.2. The molecule has 106 valence electrons. The molecule has 2 aromatic carbocycles. The number of benzene rings is 2. The first-order valence-corrected chi connectivity index (χ1v) is 8.34. The summed E-state index contributed by atoms with van der Waals surface area (Å²) in [7, 11) is 0. The average molecular weight is 382 g/mol. The van der Waals surface area contributed by atoms with Gasteiger partial charge in [-0.3, -0.25) is 0 Å². The van der Waals surface area contributed by atoms with E-state index in [2.05, 4.69) is 26.1 Å². The molecule has 0 bridgehead atoms. The largest absolute Gasteiger partial charge is 0.420 e. The van der Waals surface area contributed by atoms with Gasteiger partial charge in [-0.05, 0) is 40.2 Å². The fourth-order valence-electron chi connectivity index (χ4n) is 1.76. The van der Waals surface area contributed by atoms with E-state index in [0.717, 1.165) is 20.0 Å². The first-order valence-electron chi connectivity index (χ1n) is 6.18. The zero-order valence-corrected chi connectivity index (χ0v) is 14.0. The van der Waals surface area contributed by atoms with Crippen LogP contribution < -0.4 is 0 Å². The minimum atomic E-state index is 0.511. The van der Waals surface area contributed by atoms with Crippen LogP contribution in [0.15, 0.2) is 62.3 Å². The Labute approximate surface area is 139 Å². The summed E-state index contributed by atoms with van der Waals surface area (Å²) in [5, 5.41) is 8.90. The summed E-state index contributed by atoms with van der Waals surface area (Å²) < 4.78 is 6.63. The topological polar surface area (TPSA) is 38.9 Å². The van der Waals surface area contributed by atoms with Gasteiger partial charge in [0.2, 0.25) is 11.8 Å². The zero-order valence-electron chi connectivity index (χ0n) is 10.8. The number of aromatic nitrogens is 2. The molecule has 0 aliphatic heterocycles. The van der Waals surface area contributed by atoms with E-state index in [0.29, 0.717) is 17.5 Å². The molecule has 0 unspecified atom stereocenters. The summed E-state index contributed by atoms with van der Waals surface area (Å²) in [6, 6.07) is 15.4. The molecule has 1 aromatic heterocycles. The van der Waals surface area contributed by atoms with Crippen molar-refractivity contribution in [3.05, 3.63) is 63.9 Å². The quantitative estimate of drug-likeness (QED) is 0.564. The highest BCUT2D eigenvalue weighted by atomic mass is 79.9. The second kappa shape index (κ2) is 6.64. The first kappa shape index (κ1) is 14.6. The van der Waals surface area contributed by atoms with Crippen LogP contribution in [-0.2, 0) is 5.75 Å². The van der Waals surface area contributed by atoms with Gasteiger partial charge in [-0.1, -0.05) is 35.9 Å². The van der Waals surface area contributed by atoms with Crippen LogP contribution in [0.5, 0.6) is 0 Å². The molecule has 0 aliphatic carbocycles. The lowest BCUT2D eigenvalue weighted by molar-refractivity contribution is 0.528. The molecule has 0 atom stereocenters. The minimum Gasteiger partial charge on any atom is -0.420 e. The van der Waals surface area contributed by atoms with Gasteiger partial charge in [0.1, 0.15) is 0 Å². The second-order valence-corrected chi connectivity index (χ2v) is 6.48. The third-order valence-corrected chi connectivity index (χ3v) is 4.95. The Morgan fingerprint density at radius 1 is 1.05 bits per heavy atom. The Morgan fingerprint density at radius 2 is 1.81 bits per heavy atom. The van der Waals surface area contributed by atoms with Gasteiger partial charge < -0.3 is 4.42 Å². The summed E-state index contributed by atoms with van der Waals surface area (Å²) in [5.74, 6) is 1.67. The molecule has 3 nitrogen and oxygen atoms in total. The molecule has 1 heterocycles. The molecule has 21 heavy (non-hydrogen) atoms. The smallest absolute Gasteiger partial charge is 0.248 e. The number of thioether (sulfide) groups is 1. The van der Waals surface area contributed by atoms with Gasteiger partial charge in [0.05, 0.1) is 16.3 Å². The summed E-state index contributed by atoms with van der Waals surface area (Å²) in [5.41, 5.74) is 0.888. The molecule has 3 aromatic rings. The van der Waals surface area contributed by atoms with Gasteiger partial charge in [-0.15, -0.1) is 22.0 Å². The number of halogens is 2. The molecule has 0 N–H and O–H groups in total. The summed E-state index contributed by atoms with van der Waals surface area (Å²) in [6.45, 7) is 0. The van der Waals surface area contributed by atoms with E-state index in [4.69, 9.17) is 16.0 Å². The Kier molecular flexibility index (Phi) is 4.63. The molecular weight excluding hydrogens is 372 g/mol. The summed E-state index contributed by atoms with van der Waals surface area (Å²) in [4.78, 5) is 1.000. The fourth-order valence-corrected chi connectivity index (χ4v) is 3.29. The fraction of sp³-hybridized carbons (Fsp3) is 0.0667. The van der Waals surface area contributed by atoms with Crippen molar-refractivity contribution in [1.29, 1.82) is 0 Å². The lowest BCUT2D eigenvalue weighted by Gasteiger charge is -2.00. The van der Waals surface area contributed by atoms with Gasteiger partial charge in [0.15, 0.2) is 0 Å². The molecule has 3 rings (SSSR count). The van der Waals surface area contributed by atoms with E-state index in [1.807, 2.05) is 48.5 Å². The maximum Gasteiger partial charge on any atom is 0.248 e. The van der Waals surface area contributed by atoms with Crippen molar-refractivity contribution in [2.75, 3.05) is 0 Å². The Balaban J connectivity index is 1.74. The van der Waals surface area contributed by atoms with Crippen LogP contribution in [0.25, 0.3) is 11.5 Å². The Bertz CT molecular complexity index is 763. The molecule has 0 aliphatic rings. The van der Waals surface area contributed by atoms with Crippen molar-refractivity contribution < 1.29 is 4.42 Å². The van der Waals surface area contributed by atoms with Crippen LogP contribution in [-0.4, -0.2) is 10.2 Å². The van der Waals surface area contributed by atoms with E-state index < -0.39 is 0 Å². The van der Waals surface area contributed by atoms with E-state index in [1.54, 1.807) is 11.8 Å². The molecule has 0 spiro atoms. The molecule has 0 radical (unpaired) electrons. The minimum absolute atomic E-state index is 0.511. The van der Waals surface area contributed by atoms with Crippen LogP contribution in [0.4, 0.5) is 0 Å². The van der Waals surface area contributed by atoms with Crippen molar-refractivity contribution in [1.82, 2.24) is 10.2 Å². The van der Waals surface area contributed by atoms with Crippen LogP contribution in [0.3, 0.4) is 0 Å². The van der Waals surface area contributed by atoms with E-state index in [-0.39, 0.29) is 0 Å². The van der Waals surface area contributed by atoms with Crippen molar-refractivity contribution >= 4 is 39.3 Å². The normalized spacial score (nSPS) is 10.8. The van der Waals surface area contributed by atoms with Crippen LogP contribution in [0, 0.1) is 0 Å². The molecular formula is C15H10BrClN2OS. The maximum absolute atomic E-state index is 6.12. The van der Waals surface area contributed by atoms with Crippen LogP contribution in [0.1, 0.15) is 5.89 Å². The third kappa shape index (κ3) is 3.48. The highest BCUT2D eigenvalue weighted by molar-refractivity contribution is 9.10. The SMILES string of the molecule is Clc1ccccc1SCc1nnc(-c2ccccc2Br)o1.